The van der Waals surface area contributed by atoms with Crippen LogP contribution in [0.25, 0.3) is 0 Å². The Morgan fingerprint density at radius 3 is 1.98 bits per heavy atom. The maximum Gasteiger partial charge on any atom is 0.530 e. The van der Waals surface area contributed by atoms with Gasteiger partial charge in [0.2, 0.25) is 0 Å². The third kappa shape index (κ3) is 8.68. The van der Waals surface area contributed by atoms with Crippen LogP contribution in [0.3, 0.4) is 0 Å². The molecular weight excluding hydrogens is 721 g/mol. The highest BCUT2D eigenvalue weighted by molar-refractivity contribution is 7.48. The number of benzene rings is 5. The molecule has 1 amide bonds. The average Bonchev–Trinajstić information content (AvgIpc) is 3.15. The molecule has 6 rings (SSSR count). The van der Waals surface area contributed by atoms with E-state index in [-0.39, 0.29) is 44.1 Å². The van der Waals surface area contributed by atoms with Crippen LogP contribution in [0, 0.1) is 30.2 Å². The van der Waals surface area contributed by atoms with Crippen LogP contribution < -0.4 is 14.7 Å². The van der Waals surface area contributed by atoms with Crippen molar-refractivity contribution in [3.63, 3.8) is 0 Å². The van der Waals surface area contributed by atoms with E-state index >= 15 is 4.39 Å². The monoisotopic (exact) mass is 761 g/mol. The summed E-state index contributed by atoms with van der Waals surface area (Å²) < 4.78 is 89.1. The third-order valence-corrected chi connectivity index (χ3v) is 10.6. The number of hydrogen-bond donors (Lipinski definition) is 1. The molecule has 1 atom stereocenters. The Morgan fingerprint density at radius 1 is 0.833 bits per heavy atom. The number of amides is 1. The predicted octanol–water partition coefficient (Wildman–Crippen LogP) is 10.1. The van der Waals surface area contributed by atoms with Crippen molar-refractivity contribution < 1.29 is 41.9 Å². The van der Waals surface area contributed by atoms with Gasteiger partial charge in [0, 0.05) is 55.6 Å². The number of carbonyl (C=O) groups is 1. The minimum absolute atomic E-state index is 0. The molecule has 1 N–H and O–H groups in total. The summed E-state index contributed by atoms with van der Waals surface area (Å²) in [6.07, 6.45) is 0. The Balaban J connectivity index is 0.00000580. The van der Waals surface area contributed by atoms with Crippen molar-refractivity contribution in [1.82, 2.24) is 10.2 Å². The highest BCUT2D eigenvalue weighted by Crippen LogP contribution is 2.51. The number of phosphoric ester groups is 1. The molecule has 0 saturated heterocycles. The molecule has 0 saturated carbocycles. The summed E-state index contributed by atoms with van der Waals surface area (Å²) in [6.45, 7) is 7.21. The maximum absolute atomic E-state index is 16.1. The SMILES string of the molecule is C=C1N(Cc2c(C)cc(OP(=O)(OCc3ccccc3)OCc3ccccc3)cc2F)c2cc(C(=O)NCc3c(F)cc(F)cc3F)ccc2[C@H](C)N1C.[HH]. The molecule has 5 aromatic carbocycles. The molecule has 13 heteroatoms. The zero-order valence-electron chi connectivity index (χ0n) is 29.8. The van der Waals surface area contributed by atoms with Crippen molar-refractivity contribution in [3.8, 4) is 5.75 Å². The van der Waals surface area contributed by atoms with Gasteiger partial charge in [0.25, 0.3) is 5.91 Å². The summed E-state index contributed by atoms with van der Waals surface area (Å²) >= 11 is 0. The number of nitrogens with zero attached hydrogens (tertiary/aromatic N) is 2. The summed E-state index contributed by atoms with van der Waals surface area (Å²) in [7, 11) is -2.43. The van der Waals surface area contributed by atoms with Gasteiger partial charge in [0.05, 0.1) is 25.8 Å². The molecule has 0 bridgehead atoms. The van der Waals surface area contributed by atoms with E-state index in [1.54, 1.807) is 60.4 Å². The third-order valence-electron chi connectivity index (χ3n) is 9.25. The van der Waals surface area contributed by atoms with Gasteiger partial charge >= 0.3 is 7.82 Å². The first-order valence-electron chi connectivity index (χ1n) is 17.0. The molecule has 1 aliphatic rings. The highest BCUT2D eigenvalue weighted by Gasteiger charge is 2.33. The van der Waals surface area contributed by atoms with Gasteiger partial charge in [-0.25, -0.2) is 22.1 Å². The molecular formula is C41H40F4N3O5P. The fraction of sp³-hybridized carbons (Fsp3) is 0.195. The minimum Gasteiger partial charge on any atom is -0.404 e. The molecule has 54 heavy (non-hydrogen) atoms. The van der Waals surface area contributed by atoms with Gasteiger partial charge in [-0.05, 0) is 54.3 Å². The van der Waals surface area contributed by atoms with E-state index in [1.807, 2.05) is 55.3 Å². The average molecular weight is 762 g/mol. The number of rotatable bonds is 13. The Bertz CT molecular complexity index is 2140. The molecule has 0 spiro atoms. The summed E-state index contributed by atoms with van der Waals surface area (Å²) in [6, 6.07) is 26.7. The van der Waals surface area contributed by atoms with Gasteiger partial charge in [-0.15, -0.1) is 0 Å². The second-order valence-electron chi connectivity index (χ2n) is 12.9. The van der Waals surface area contributed by atoms with E-state index in [0.717, 1.165) is 22.8 Å². The maximum atomic E-state index is 16.1. The zero-order valence-corrected chi connectivity index (χ0v) is 30.7. The number of halogens is 4. The van der Waals surface area contributed by atoms with E-state index in [4.69, 9.17) is 13.6 Å². The van der Waals surface area contributed by atoms with Crippen LogP contribution in [0.4, 0.5) is 23.2 Å². The quantitative estimate of drug-likeness (QED) is 0.0945. The van der Waals surface area contributed by atoms with Crippen LogP contribution >= 0.6 is 7.82 Å². The Hall–Kier alpha value is -5.42. The molecule has 0 radical (unpaired) electrons. The Kier molecular flexibility index (Phi) is 11.6. The number of nitrogens with one attached hydrogen (secondary N) is 1. The number of carbonyl (C=O) groups excluding carboxylic acids is 1. The van der Waals surface area contributed by atoms with Gasteiger partial charge in [0.15, 0.2) is 0 Å². The van der Waals surface area contributed by atoms with E-state index in [9.17, 15) is 22.5 Å². The molecule has 5 aromatic rings. The summed E-state index contributed by atoms with van der Waals surface area (Å²) in [4.78, 5) is 16.9. The standard InChI is InChI=1S/C41H38F4N3O5P.H2/c1-26-17-33(53-54(50,51-24-29-11-7-5-8-12-29)52-25-30-13-9-6-10-14-30)21-39(45)36(26)23-48-28(3)47(4)27(2)34-16-15-31(18-40(34)48)41(49)46-22-35-37(43)19-32(42)20-38(35)44;/h5-21,27H,3,22-25H2,1-2,4H3,(H,46,49);1H/t27-;/m0./s1. The lowest BCUT2D eigenvalue weighted by Gasteiger charge is -2.43. The van der Waals surface area contributed by atoms with Crippen molar-refractivity contribution in [3.05, 3.63) is 178 Å². The first kappa shape index (κ1) is 38.3. The van der Waals surface area contributed by atoms with Gasteiger partial charge in [0.1, 0.15) is 34.8 Å². The van der Waals surface area contributed by atoms with E-state index in [1.165, 1.54) is 0 Å². The lowest BCUT2D eigenvalue weighted by atomic mass is 9.97. The smallest absolute Gasteiger partial charge is 0.404 e. The van der Waals surface area contributed by atoms with Crippen LogP contribution in [-0.4, -0.2) is 17.9 Å². The molecule has 282 valence electrons. The summed E-state index contributed by atoms with van der Waals surface area (Å²) in [5, 5.41) is 2.49. The molecule has 0 unspecified atom stereocenters. The Labute approximate surface area is 312 Å². The molecule has 0 aliphatic carbocycles. The lowest BCUT2D eigenvalue weighted by molar-refractivity contribution is 0.0950. The number of phosphoric acid groups is 1. The molecule has 0 fully saturated rings. The fourth-order valence-corrected chi connectivity index (χ4v) is 7.21. The fourth-order valence-electron chi connectivity index (χ4n) is 6.05. The van der Waals surface area contributed by atoms with Crippen molar-refractivity contribution in [2.45, 2.75) is 46.2 Å². The normalized spacial score (nSPS) is 14.2. The van der Waals surface area contributed by atoms with Crippen LogP contribution in [0.5, 0.6) is 5.75 Å². The second kappa shape index (κ2) is 16.3. The van der Waals surface area contributed by atoms with Crippen LogP contribution in [0.1, 0.15) is 58.1 Å². The van der Waals surface area contributed by atoms with E-state index in [2.05, 4.69) is 11.9 Å². The van der Waals surface area contributed by atoms with Gasteiger partial charge in [-0.2, -0.15) is 0 Å². The lowest BCUT2D eigenvalue weighted by Crippen LogP contribution is -2.39. The van der Waals surface area contributed by atoms with Crippen LogP contribution in [0.2, 0.25) is 0 Å². The molecule has 1 heterocycles. The van der Waals surface area contributed by atoms with Crippen molar-refractivity contribution in [1.29, 1.82) is 0 Å². The highest BCUT2D eigenvalue weighted by atomic mass is 31.2. The van der Waals surface area contributed by atoms with Crippen molar-refractivity contribution in [2.24, 2.45) is 0 Å². The second-order valence-corrected chi connectivity index (χ2v) is 14.4. The largest absolute Gasteiger partial charge is 0.530 e. The molecule has 8 nitrogen and oxygen atoms in total. The predicted molar refractivity (Wildman–Crippen MR) is 199 cm³/mol. The van der Waals surface area contributed by atoms with Gasteiger partial charge in [-0.1, -0.05) is 73.3 Å². The van der Waals surface area contributed by atoms with Crippen LogP contribution in [-0.2, 0) is 39.9 Å². The summed E-state index contributed by atoms with van der Waals surface area (Å²) in [5.74, 6) is -4.12. The molecule has 0 aromatic heterocycles. The first-order chi connectivity index (χ1) is 25.8. The van der Waals surface area contributed by atoms with Gasteiger partial charge in [-0.3, -0.25) is 13.8 Å². The van der Waals surface area contributed by atoms with Crippen LogP contribution in [0.15, 0.2) is 116 Å². The van der Waals surface area contributed by atoms with Gasteiger partial charge < -0.3 is 19.6 Å². The van der Waals surface area contributed by atoms with Crippen molar-refractivity contribution >= 4 is 19.4 Å². The van der Waals surface area contributed by atoms with E-state index in [0.29, 0.717) is 29.2 Å². The number of hydrogen-bond acceptors (Lipinski definition) is 7. The van der Waals surface area contributed by atoms with Crippen molar-refractivity contribution in [2.75, 3.05) is 11.9 Å². The number of aryl methyl sites for hydroxylation is 1. The summed E-state index contributed by atoms with van der Waals surface area (Å²) in [5.41, 5.74) is 3.31. The number of anilines is 1. The molecule has 1 aliphatic heterocycles. The van der Waals surface area contributed by atoms with E-state index < -0.39 is 49.1 Å². The minimum atomic E-state index is -4.27. The number of fused-ring (bicyclic) bond motifs is 1. The topological polar surface area (TPSA) is 80.3 Å². The Morgan fingerprint density at radius 2 is 1.41 bits per heavy atom. The first-order valence-corrected chi connectivity index (χ1v) is 18.5. The zero-order chi connectivity index (χ0) is 38.6.